The first-order valence-electron chi connectivity index (χ1n) is 10.4. The van der Waals surface area contributed by atoms with E-state index in [1.807, 2.05) is 53.4 Å². The third kappa shape index (κ3) is 3.60. The number of ether oxygens (including phenoxy) is 2. The lowest BCUT2D eigenvalue weighted by Crippen LogP contribution is -2.56. The van der Waals surface area contributed by atoms with Gasteiger partial charge in [-0.05, 0) is 49.6 Å². The van der Waals surface area contributed by atoms with Gasteiger partial charge in [-0.3, -0.25) is 4.79 Å². The molecule has 3 unspecified atom stereocenters. The van der Waals surface area contributed by atoms with Gasteiger partial charge in [0.25, 0.3) is 5.91 Å². The van der Waals surface area contributed by atoms with Gasteiger partial charge in [0.15, 0.2) is 0 Å². The molecule has 0 aromatic heterocycles. The van der Waals surface area contributed by atoms with Crippen molar-refractivity contribution in [2.45, 2.75) is 43.7 Å². The van der Waals surface area contributed by atoms with Crippen molar-refractivity contribution in [3.8, 4) is 11.5 Å². The van der Waals surface area contributed by atoms with Gasteiger partial charge in [0.1, 0.15) is 11.5 Å². The Hall–Kier alpha value is -2.53. The van der Waals surface area contributed by atoms with Crippen LogP contribution >= 0.6 is 0 Å². The van der Waals surface area contributed by atoms with Crippen LogP contribution in [-0.4, -0.2) is 42.3 Å². The first-order valence-corrected chi connectivity index (χ1v) is 10.4. The van der Waals surface area contributed by atoms with Gasteiger partial charge in [0.05, 0.1) is 25.9 Å². The molecular formula is C24H29NO4. The number of carbonyl (C=O) groups excluding carboxylic acids is 1. The number of aliphatic hydroxyl groups is 1. The summed E-state index contributed by atoms with van der Waals surface area (Å²) in [6.07, 6.45) is 4.37. The molecule has 1 saturated heterocycles. The van der Waals surface area contributed by atoms with Gasteiger partial charge in [-0.1, -0.05) is 31.0 Å². The number of fused-ring (bicyclic) bond motifs is 1. The Morgan fingerprint density at radius 3 is 2.59 bits per heavy atom. The highest BCUT2D eigenvalue weighted by molar-refractivity contribution is 5.94. The number of nitrogens with zero attached hydrogens (tertiary/aromatic N) is 1. The average molecular weight is 395 g/mol. The largest absolute Gasteiger partial charge is 0.497 e. The Morgan fingerprint density at radius 2 is 1.86 bits per heavy atom. The highest BCUT2D eigenvalue weighted by atomic mass is 16.5. The van der Waals surface area contributed by atoms with Crippen molar-refractivity contribution in [1.82, 2.24) is 4.90 Å². The third-order valence-electron chi connectivity index (χ3n) is 6.60. The first kappa shape index (κ1) is 19.8. The van der Waals surface area contributed by atoms with E-state index in [1.165, 1.54) is 0 Å². The number of hydrogen-bond acceptors (Lipinski definition) is 4. The SMILES string of the molecule is COc1ccc(OC)c(C2C3CCCCC3(O)CCN2C(=O)c2ccccc2)c1. The molecule has 1 N–H and O–H groups in total. The molecule has 2 aromatic rings. The standard InChI is InChI=1S/C24H29NO4/c1-28-18-11-12-21(29-2)19(16-18)22-20-10-6-7-13-24(20,27)14-15-25(22)23(26)17-8-4-3-5-9-17/h3-5,8-9,11-12,16,20,22,27H,6-7,10,13-15H2,1-2H3. The van der Waals surface area contributed by atoms with E-state index in [4.69, 9.17) is 9.47 Å². The number of piperidine rings is 1. The highest BCUT2D eigenvalue weighted by Gasteiger charge is 2.51. The summed E-state index contributed by atoms with van der Waals surface area (Å²) < 4.78 is 11.1. The van der Waals surface area contributed by atoms with E-state index in [9.17, 15) is 9.90 Å². The number of benzene rings is 2. The van der Waals surface area contributed by atoms with Gasteiger partial charge in [-0.2, -0.15) is 0 Å². The molecule has 154 valence electrons. The summed E-state index contributed by atoms with van der Waals surface area (Å²) in [6, 6.07) is 14.8. The van der Waals surface area contributed by atoms with Gasteiger partial charge < -0.3 is 19.5 Å². The minimum atomic E-state index is -0.746. The predicted molar refractivity (Wildman–Crippen MR) is 111 cm³/mol. The number of amides is 1. The molecule has 0 spiro atoms. The second kappa shape index (κ2) is 8.07. The Labute approximate surface area is 172 Å². The minimum absolute atomic E-state index is 0.00639. The maximum Gasteiger partial charge on any atom is 0.254 e. The summed E-state index contributed by atoms with van der Waals surface area (Å²) in [6.45, 7) is 0.520. The average Bonchev–Trinajstić information content (AvgIpc) is 2.77. The molecule has 1 aliphatic carbocycles. The van der Waals surface area contributed by atoms with Crippen LogP contribution in [0, 0.1) is 5.92 Å². The van der Waals surface area contributed by atoms with Gasteiger partial charge in [-0.25, -0.2) is 0 Å². The summed E-state index contributed by atoms with van der Waals surface area (Å²) in [5.41, 5.74) is 0.826. The molecule has 5 nitrogen and oxygen atoms in total. The molecule has 1 saturated carbocycles. The Morgan fingerprint density at radius 1 is 1.07 bits per heavy atom. The third-order valence-corrected chi connectivity index (χ3v) is 6.60. The molecule has 2 aliphatic rings. The van der Waals surface area contributed by atoms with Crippen LogP contribution in [0.2, 0.25) is 0 Å². The van der Waals surface area contributed by atoms with Crippen molar-refractivity contribution in [1.29, 1.82) is 0 Å². The summed E-state index contributed by atoms with van der Waals surface area (Å²) in [5, 5.41) is 11.5. The number of hydrogen-bond donors (Lipinski definition) is 1. The van der Waals surface area contributed by atoms with E-state index >= 15 is 0 Å². The second-order valence-corrected chi connectivity index (χ2v) is 8.12. The van der Waals surface area contributed by atoms with Crippen molar-refractivity contribution in [2.24, 2.45) is 5.92 Å². The van der Waals surface area contributed by atoms with Crippen LogP contribution in [0.5, 0.6) is 11.5 Å². The topological polar surface area (TPSA) is 59.0 Å². The number of methoxy groups -OCH3 is 2. The molecule has 4 rings (SSSR count). The zero-order valence-corrected chi connectivity index (χ0v) is 17.1. The quantitative estimate of drug-likeness (QED) is 0.842. The van der Waals surface area contributed by atoms with Crippen LogP contribution in [0.1, 0.15) is 54.1 Å². The lowest BCUT2D eigenvalue weighted by atomic mass is 9.66. The first-order chi connectivity index (χ1) is 14.1. The molecule has 1 heterocycles. The highest BCUT2D eigenvalue weighted by Crippen LogP contribution is 2.51. The molecule has 2 fully saturated rings. The smallest absolute Gasteiger partial charge is 0.254 e. The van der Waals surface area contributed by atoms with E-state index < -0.39 is 5.60 Å². The van der Waals surface area contributed by atoms with E-state index in [0.717, 1.165) is 42.7 Å². The molecule has 5 heteroatoms. The maximum atomic E-state index is 13.5. The van der Waals surface area contributed by atoms with Crippen LogP contribution in [0.4, 0.5) is 0 Å². The summed E-state index contributed by atoms with van der Waals surface area (Å²) in [4.78, 5) is 15.4. The molecule has 0 bridgehead atoms. The summed E-state index contributed by atoms with van der Waals surface area (Å²) in [5.74, 6) is 1.40. The molecule has 2 aromatic carbocycles. The van der Waals surface area contributed by atoms with E-state index in [2.05, 4.69) is 0 Å². The lowest BCUT2D eigenvalue weighted by Gasteiger charge is -2.52. The van der Waals surface area contributed by atoms with Crippen molar-refractivity contribution in [3.05, 3.63) is 59.7 Å². The fraction of sp³-hybridized carbons (Fsp3) is 0.458. The lowest BCUT2D eigenvalue weighted by molar-refractivity contribution is -0.115. The Kier molecular flexibility index (Phi) is 5.50. The minimum Gasteiger partial charge on any atom is -0.497 e. The second-order valence-electron chi connectivity index (χ2n) is 8.12. The predicted octanol–water partition coefficient (Wildman–Crippen LogP) is 4.21. The normalized spacial score (nSPS) is 26.5. The van der Waals surface area contributed by atoms with Crippen LogP contribution in [0.3, 0.4) is 0 Å². The van der Waals surface area contributed by atoms with E-state index in [0.29, 0.717) is 18.5 Å². The molecule has 1 aliphatic heterocycles. The fourth-order valence-electron chi connectivity index (χ4n) is 5.11. The van der Waals surface area contributed by atoms with Gasteiger partial charge in [0, 0.05) is 23.6 Å². The van der Waals surface area contributed by atoms with E-state index in [-0.39, 0.29) is 17.9 Å². The Balaban J connectivity index is 1.82. The molecule has 0 radical (unpaired) electrons. The fourth-order valence-corrected chi connectivity index (χ4v) is 5.11. The zero-order chi connectivity index (χ0) is 20.4. The molecule has 1 amide bonds. The molecule has 29 heavy (non-hydrogen) atoms. The van der Waals surface area contributed by atoms with E-state index in [1.54, 1.807) is 14.2 Å². The Bertz CT molecular complexity index is 868. The molecule has 3 atom stereocenters. The summed E-state index contributed by atoms with van der Waals surface area (Å²) >= 11 is 0. The van der Waals surface area contributed by atoms with Gasteiger partial charge in [0.2, 0.25) is 0 Å². The van der Waals surface area contributed by atoms with Crippen molar-refractivity contribution < 1.29 is 19.4 Å². The van der Waals surface area contributed by atoms with Crippen molar-refractivity contribution in [3.63, 3.8) is 0 Å². The van der Waals surface area contributed by atoms with Crippen LogP contribution in [-0.2, 0) is 0 Å². The van der Waals surface area contributed by atoms with Crippen molar-refractivity contribution >= 4 is 5.91 Å². The van der Waals surface area contributed by atoms with Gasteiger partial charge >= 0.3 is 0 Å². The van der Waals surface area contributed by atoms with Crippen molar-refractivity contribution in [2.75, 3.05) is 20.8 Å². The molecular weight excluding hydrogens is 366 g/mol. The monoisotopic (exact) mass is 395 g/mol. The maximum absolute atomic E-state index is 13.5. The van der Waals surface area contributed by atoms with Gasteiger partial charge in [-0.15, -0.1) is 0 Å². The number of rotatable bonds is 4. The van der Waals surface area contributed by atoms with Crippen LogP contribution in [0.15, 0.2) is 48.5 Å². The zero-order valence-electron chi connectivity index (χ0n) is 17.1. The van der Waals surface area contributed by atoms with Crippen LogP contribution < -0.4 is 9.47 Å². The number of carbonyl (C=O) groups is 1. The summed E-state index contributed by atoms with van der Waals surface area (Å²) in [7, 11) is 3.28. The van der Waals surface area contributed by atoms with Crippen LogP contribution in [0.25, 0.3) is 0 Å². The number of likely N-dealkylation sites (tertiary alicyclic amines) is 1.